The molecule has 0 N–H and O–H groups in total. The van der Waals surface area contributed by atoms with Crippen molar-refractivity contribution in [2.45, 2.75) is 9.79 Å². The summed E-state index contributed by atoms with van der Waals surface area (Å²) in [5, 5.41) is 0. The van der Waals surface area contributed by atoms with Gasteiger partial charge >= 0.3 is 0 Å². The van der Waals surface area contributed by atoms with Crippen LogP contribution in [-0.4, -0.2) is 15.0 Å². The molecule has 2 heterocycles. The van der Waals surface area contributed by atoms with Crippen LogP contribution in [0.3, 0.4) is 0 Å². The zero-order chi connectivity index (χ0) is 34.0. The number of hydrogen-bond acceptors (Lipinski definition) is 6. The predicted octanol–water partition coefficient (Wildman–Crippen LogP) is 12.3. The Kier molecular flexibility index (Phi) is 8.04. The normalized spacial score (nSPS) is 11.8. The molecule has 1 aromatic heterocycles. The van der Waals surface area contributed by atoms with E-state index >= 15 is 0 Å². The largest absolute Gasteiger partial charge is 0.311 e. The molecular formula is C45H31N5S. The highest BCUT2D eigenvalue weighted by molar-refractivity contribution is 7.99. The maximum Gasteiger partial charge on any atom is 0.164 e. The van der Waals surface area contributed by atoms with Crippen LogP contribution < -0.4 is 9.80 Å². The number of anilines is 6. The van der Waals surface area contributed by atoms with Crippen LogP contribution in [0.2, 0.25) is 0 Å². The van der Waals surface area contributed by atoms with E-state index in [0.29, 0.717) is 17.5 Å². The standard InChI is InChI=1S/C45H31N5S/c1-4-14-32(15-5-1)43-46-44(33-16-6-2-7-17-33)48-45(47-43)34-24-26-36(27-25-34)49(35-18-8-3-9-19-35)37-28-30-38(31-29-37)50-39-20-10-12-22-41(39)51-42-23-13-11-21-40(42)50/h1-31H. The first-order chi connectivity index (χ1) is 25.3. The molecule has 1 aliphatic heterocycles. The lowest BCUT2D eigenvalue weighted by atomic mass is 10.1. The van der Waals surface area contributed by atoms with Crippen molar-refractivity contribution >= 4 is 45.9 Å². The number of rotatable bonds is 7. The molecule has 0 aliphatic carbocycles. The van der Waals surface area contributed by atoms with E-state index in [2.05, 4.69) is 131 Å². The smallest absolute Gasteiger partial charge is 0.164 e. The van der Waals surface area contributed by atoms with Gasteiger partial charge in [0.15, 0.2) is 17.5 Å². The zero-order valence-electron chi connectivity index (χ0n) is 27.5. The van der Waals surface area contributed by atoms with Crippen molar-refractivity contribution < 1.29 is 0 Å². The van der Waals surface area contributed by atoms with Crippen molar-refractivity contribution in [2.24, 2.45) is 0 Å². The van der Waals surface area contributed by atoms with Crippen LogP contribution in [0.5, 0.6) is 0 Å². The highest BCUT2D eigenvalue weighted by Crippen LogP contribution is 2.51. The summed E-state index contributed by atoms with van der Waals surface area (Å²) in [5.74, 6) is 1.92. The second-order valence-electron chi connectivity index (χ2n) is 12.1. The van der Waals surface area contributed by atoms with Gasteiger partial charge in [-0.1, -0.05) is 115 Å². The highest BCUT2D eigenvalue weighted by atomic mass is 32.2. The average Bonchev–Trinajstić information content (AvgIpc) is 3.21. The van der Waals surface area contributed by atoms with Gasteiger partial charge in [-0.2, -0.15) is 0 Å². The molecule has 0 saturated heterocycles. The molecule has 9 rings (SSSR count). The Bertz CT molecular complexity index is 2330. The van der Waals surface area contributed by atoms with Gasteiger partial charge in [0.05, 0.1) is 11.4 Å². The molecule has 7 aromatic carbocycles. The van der Waals surface area contributed by atoms with Crippen molar-refractivity contribution in [2.75, 3.05) is 9.80 Å². The summed E-state index contributed by atoms with van der Waals surface area (Å²) in [4.78, 5) is 21.9. The average molecular weight is 674 g/mol. The van der Waals surface area contributed by atoms with Gasteiger partial charge in [-0.3, -0.25) is 0 Å². The maximum absolute atomic E-state index is 4.93. The van der Waals surface area contributed by atoms with E-state index in [-0.39, 0.29) is 0 Å². The first kappa shape index (κ1) is 30.6. The fraction of sp³-hybridized carbons (Fsp3) is 0. The Hall–Kier alpha value is -6.50. The molecule has 1 aliphatic rings. The van der Waals surface area contributed by atoms with E-state index < -0.39 is 0 Å². The molecule has 0 amide bonds. The molecule has 51 heavy (non-hydrogen) atoms. The van der Waals surface area contributed by atoms with Crippen LogP contribution in [0, 0.1) is 0 Å². The highest BCUT2D eigenvalue weighted by Gasteiger charge is 2.24. The summed E-state index contributed by atoms with van der Waals surface area (Å²) < 4.78 is 0. The fourth-order valence-corrected chi connectivity index (χ4v) is 7.51. The minimum atomic E-state index is 0.630. The predicted molar refractivity (Wildman–Crippen MR) is 210 cm³/mol. The van der Waals surface area contributed by atoms with E-state index in [1.54, 1.807) is 0 Å². The molecular weight excluding hydrogens is 643 g/mol. The third-order valence-corrected chi connectivity index (χ3v) is 10.0. The van der Waals surface area contributed by atoms with Crippen LogP contribution in [-0.2, 0) is 0 Å². The van der Waals surface area contributed by atoms with Crippen LogP contribution in [0.15, 0.2) is 198 Å². The van der Waals surface area contributed by atoms with Gasteiger partial charge < -0.3 is 9.80 Å². The summed E-state index contributed by atoms with van der Waals surface area (Å²) in [7, 11) is 0. The van der Waals surface area contributed by atoms with Gasteiger partial charge in [0.2, 0.25) is 0 Å². The SMILES string of the molecule is c1ccc(-c2nc(-c3ccccc3)nc(-c3ccc(N(c4ccccc4)c4ccc(N5c6ccccc6Sc6ccccc65)cc4)cc3)n2)cc1. The number of para-hydroxylation sites is 3. The van der Waals surface area contributed by atoms with E-state index in [4.69, 9.17) is 15.0 Å². The lowest BCUT2D eigenvalue weighted by molar-refractivity contribution is 1.07. The summed E-state index contributed by atoms with van der Waals surface area (Å²) in [6.45, 7) is 0. The molecule has 5 nitrogen and oxygen atoms in total. The van der Waals surface area contributed by atoms with Crippen molar-refractivity contribution in [1.29, 1.82) is 0 Å². The third-order valence-electron chi connectivity index (χ3n) is 8.90. The van der Waals surface area contributed by atoms with Gasteiger partial charge in [0.25, 0.3) is 0 Å². The molecule has 0 bridgehead atoms. The maximum atomic E-state index is 4.93. The van der Waals surface area contributed by atoms with Crippen molar-refractivity contribution in [3.05, 3.63) is 188 Å². The van der Waals surface area contributed by atoms with Gasteiger partial charge in [-0.15, -0.1) is 0 Å². The summed E-state index contributed by atoms with van der Waals surface area (Å²) in [5.41, 5.74) is 9.46. The van der Waals surface area contributed by atoms with Gasteiger partial charge in [-0.25, -0.2) is 15.0 Å². The molecule has 6 heteroatoms. The molecule has 0 fully saturated rings. The van der Waals surface area contributed by atoms with Crippen LogP contribution in [0.25, 0.3) is 34.2 Å². The van der Waals surface area contributed by atoms with Crippen molar-refractivity contribution in [3.8, 4) is 34.2 Å². The number of benzene rings is 7. The molecule has 8 aromatic rings. The second kappa shape index (κ2) is 13.4. The minimum absolute atomic E-state index is 0.630. The Morgan fingerprint density at radius 1 is 0.353 bits per heavy atom. The molecule has 0 atom stereocenters. The Labute approximate surface area is 301 Å². The Morgan fingerprint density at radius 2 is 0.725 bits per heavy atom. The van der Waals surface area contributed by atoms with E-state index in [0.717, 1.165) is 39.4 Å². The molecule has 0 spiro atoms. The van der Waals surface area contributed by atoms with Crippen molar-refractivity contribution in [3.63, 3.8) is 0 Å². The monoisotopic (exact) mass is 673 g/mol. The van der Waals surface area contributed by atoms with Crippen LogP contribution >= 0.6 is 11.8 Å². The summed E-state index contributed by atoms with van der Waals surface area (Å²) >= 11 is 1.82. The van der Waals surface area contributed by atoms with Gasteiger partial charge in [-0.05, 0) is 84.9 Å². The Morgan fingerprint density at radius 3 is 1.22 bits per heavy atom. The first-order valence-electron chi connectivity index (χ1n) is 16.9. The summed E-state index contributed by atoms with van der Waals surface area (Å²) in [6, 6.07) is 65.1. The lowest BCUT2D eigenvalue weighted by Crippen LogP contribution is -2.15. The van der Waals surface area contributed by atoms with Crippen LogP contribution in [0.1, 0.15) is 0 Å². The summed E-state index contributed by atoms with van der Waals surface area (Å²) in [6.07, 6.45) is 0. The third kappa shape index (κ3) is 6.03. The molecule has 242 valence electrons. The van der Waals surface area contributed by atoms with Gasteiger partial charge in [0, 0.05) is 49.2 Å². The first-order valence-corrected chi connectivity index (χ1v) is 17.7. The lowest BCUT2D eigenvalue weighted by Gasteiger charge is -2.33. The van der Waals surface area contributed by atoms with Crippen LogP contribution in [0.4, 0.5) is 34.1 Å². The second-order valence-corrected chi connectivity index (χ2v) is 13.2. The molecule has 0 radical (unpaired) electrons. The molecule has 0 unspecified atom stereocenters. The van der Waals surface area contributed by atoms with Gasteiger partial charge in [0.1, 0.15) is 0 Å². The van der Waals surface area contributed by atoms with E-state index in [9.17, 15) is 0 Å². The number of hydrogen-bond donors (Lipinski definition) is 0. The fourth-order valence-electron chi connectivity index (χ4n) is 6.46. The number of aromatic nitrogens is 3. The number of nitrogens with zero attached hydrogens (tertiary/aromatic N) is 5. The zero-order valence-corrected chi connectivity index (χ0v) is 28.4. The van der Waals surface area contributed by atoms with E-state index in [1.807, 2.05) is 78.5 Å². The van der Waals surface area contributed by atoms with E-state index in [1.165, 1.54) is 21.2 Å². The topological polar surface area (TPSA) is 45.2 Å². The van der Waals surface area contributed by atoms with Crippen molar-refractivity contribution in [1.82, 2.24) is 15.0 Å². The Balaban J connectivity index is 1.09. The minimum Gasteiger partial charge on any atom is -0.311 e. The quantitative estimate of drug-likeness (QED) is 0.168. The molecule has 0 saturated carbocycles. The number of fused-ring (bicyclic) bond motifs is 2.